The highest BCUT2D eigenvalue weighted by Crippen LogP contribution is 2.46. The van der Waals surface area contributed by atoms with Crippen molar-refractivity contribution in [1.29, 1.82) is 0 Å². The van der Waals surface area contributed by atoms with Crippen LogP contribution < -0.4 is 0 Å². The summed E-state index contributed by atoms with van der Waals surface area (Å²) in [5.41, 5.74) is 3.34. The Morgan fingerprint density at radius 3 is 2.54 bits per heavy atom. The number of esters is 1. The molecule has 0 fully saturated rings. The van der Waals surface area contributed by atoms with Crippen molar-refractivity contribution in [2.45, 2.75) is 18.4 Å². The molecule has 0 N–H and O–H groups in total. The number of benzene rings is 2. The Morgan fingerprint density at radius 1 is 1.08 bits per heavy atom. The minimum atomic E-state index is -0.383. The average Bonchev–Trinajstić information content (AvgIpc) is 2.93. The molecule has 1 amide bonds. The largest absolute Gasteiger partial charge is 0.466 e. The molecule has 24 heavy (non-hydrogen) atoms. The maximum Gasteiger partial charge on any atom is 0.335 e. The van der Waals surface area contributed by atoms with E-state index in [-0.39, 0.29) is 23.8 Å². The van der Waals surface area contributed by atoms with Crippen LogP contribution in [-0.2, 0) is 9.53 Å². The van der Waals surface area contributed by atoms with Crippen molar-refractivity contribution in [3.8, 4) is 0 Å². The number of amides is 1. The second kappa shape index (κ2) is 5.64. The molecule has 2 aromatic rings. The van der Waals surface area contributed by atoms with Crippen molar-refractivity contribution >= 4 is 11.9 Å². The minimum Gasteiger partial charge on any atom is -0.466 e. The third kappa shape index (κ3) is 2.14. The van der Waals surface area contributed by atoms with Crippen LogP contribution in [0.1, 0.15) is 39.9 Å². The molecule has 0 radical (unpaired) electrons. The zero-order valence-electron chi connectivity index (χ0n) is 13.3. The molecule has 0 spiro atoms. The van der Waals surface area contributed by atoms with Gasteiger partial charge in [0.25, 0.3) is 5.91 Å². The molecule has 0 bridgehead atoms. The number of rotatable bonds is 2. The Hall–Kier alpha value is -2.88. The van der Waals surface area contributed by atoms with Crippen molar-refractivity contribution < 1.29 is 14.3 Å². The summed E-state index contributed by atoms with van der Waals surface area (Å²) in [7, 11) is 1.37. The lowest BCUT2D eigenvalue weighted by Crippen LogP contribution is -2.31. The van der Waals surface area contributed by atoms with Gasteiger partial charge in [0, 0.05) is 17.7 Å². The van der Waals surface area contributed by atoms with Crippen LogP contribution in [-0.4, -0.2) is 23.9 Å². The second-order valence-corrected chi connectivity index (χ2v) is 6.09. The molecule has 0 unspecified atom stereocenters. The topological polar surface area (TPSA) is 46.6 Å². The fourth-order valence-corrected chi connectivity index (χ4v) is 3.71. The fourth-order valence-electron chi connectivity index (χ4n) is 3.71. The van der Waals surface area contributed by atoms with Gasteiger partial charge in [0.2, 0.25) is 0 Å². The predicted molar refractivity (Wildman–Crippen MR) is 89.3 cm³/mol. The number of carbonyl (C=O) groups excluding carboxylic acids is 2. The van der Waals surface area contributed by atoms with Crippen LogP contribution in [0.5, 0.6) is 0 Å². The van der Waals surface area contributed by atoms with E-state index in [4.69, 9.17) is 4.74 Å². The van der Waals surface area contributed by atoms with Crippen LogP contribution in [0.3, 0.4) is 0 Å². The van der Waals surface area contributed by atoms with E-state index in [2.05, 4.69) is 0 Å². The fraction of sp³-hybridized carbons (Fsp3) is 0.200. The molecule has 2 heterocycles. The molecule has 2 aliphatic heterocycles. The van der Waals surface area contributed by atoms with E-state index < -0.39 is 0 Å². The Balaban J connectivity index is 1.83. The SMILES string of the molecule is COC(=O)C1=CN2C(=O)c3ccccc3[C@@H]2C[C@@H]1c1ccccc1. The summed E-state index contributed by atoms with van der Waals surface area (Å²) in [5, 5.41) is 0. The molecule has 2 atom stereocenters. The number of hydrogen-bond donors (Lipinski definition) is 0. The Morgan fingerprint density at radius 2 is 1.79 bits per heavy atom. The predicted octanol–water partition coefficient (Wildman–Crippen LogP) is 3.43. The van der Waals surface area contributed by atoms with Crippen molar-refractivity contribution in [1.82, 2.24) is 4.90 Å². The van der Waals surface area contributed by atoms with Crippen molar-refractivity contribution in [3.63, 3.8) is 0 Å². The molecule has 0 saturated heterocycles. The molecule has 4 heteroatoms. The van der Waals surface area contributed by atoms with E-state index in [1.807, 2.05) is 54.6 Å². The molecule has 2 aliphatic rings. The van der Waals surface area contributed by atoms with Crippen LogP contribution in [0.15, 0.2) is 66.4 Å². The molecular weight excluding hydrogens is 302 g/mol. The third-order valence-electron chi connectivity index (χ3n) is 4.86. The number of fused-ring (bicyclic) bond motifs is 3. The maximum absolute atomic E-state index is 12.7. The number of methoxy groups -OCH3 is 1. The highest BCUT2D eigenvalue weighted by atomic mass is 16.5. The van der Waals surface area contributed by atoms with Gasteiger partial charge in [0.15, 0.2) is 0 Å². The van der Waals surface area contributed by atoms with Crippen LogP contribution in [0, 0.1) is 0 Å². The van der Waals surface area contributed by atoms with E-state index in [1.165, 1.54) is 7.11 Å². The molecule has 4 nitrogen and oxygen atoms in total. The van der Waals surface area contributed by atoms with Gasteiger partial charge in [-0.3, -0.25) is 4.79 Å². The summed E-state index contributed by atoms with van der Waals surface area (Å²) in [6.07, 6.45) is 2.35. The first-order valence-electron chi connectivity index (χ1n) is 7.97. The zero-order chi connectivity index (χ0) is 16.7. The van der Waals surface area contributed by atoms with Crippen molar-refractivity contribution in [2.24, 2.45) is 0 Å². The van der Waals surface area contributed by atoms with Gasteiger partial charge >= 0.3 is 5.97 Å². The first kappa shape index (κ1) is 14.7. The number of ether oxygens (including phenoxy) is 1. The third-order valence-corrected chi connectivity index (χ3v) is 4.86. The van der Waals surface area contributed by atoms with Crippen LogP contribution in [0.25, 0.3) is 0 Å². The highest BCUT2D eigenvalue weighted by molar-refractivity contribution is 6.01. The lowest BCUT2D eigenvalue weighted by molar-refractivity contribution is -0.136. The average molecular weight is 319 g/mol. The molecule has 2 aromatic carbocycles. The van der Waals surface area contributed by atoms with Gasteiger partial charge in [-0.05, 0) is 23.6 Å². The van der Waals surface area contributed by atoms with Gasteiger partial charge in [0.05, 0.1) is 18.7 Å². The summed E-state index contributed by atoms with van der Waals surface area (Å²) in [5.74, 6) is -0.520. The van der Waals surface area contributed by atoms with E-state index in [0.717, 1.165) is 16.7 Å². The maximum atomic E-state index is 12.7. The van der Waals surface area contributed by atoms with Gasteiger partial charge in [-0.15, -0.1) is 0 Å². The van der Waals surface area contributed by atoms with Gasteiger partial charge in [-0.25, -0.2) is 4.79 Å². The summed E-state index contributed by atoms with van der Waals surface area (Å²) in [6, 6.07) is 17.5. The normalized spacial score (nSPS) is 21.8. The minimum absolute atomic E-state index is 0.0349. The highest BCUT2D eigenvalue weighted by Gasteiger charge is 2.42. The molecule has 0 aromatic heterocycles. The first-order chi connectivity index (χ1) is 11.7. The molecule has 120 valence electrons. The number of hydrogen-bond acceptors (Lipinski definition) is 3. The Labute approximate surface area is 140 Å². The van der Waals surface area contributed by atoms with E-state index >= 15 is 0 Å². The Kier molecular flexibility index (Phi) is 3.45. The van der Waals surface area contributed by atoms with Crippen LogP contribution in [0.2, 0.25) is 0 Å². The summed E-state index contributed by atoms with van der Waals surface area (Å²) in [4.78, 5) is 26.6. The summed E-state index contributed by atoms with van der Waals surface area (Å²) >= 11 is 0. The quantitative estimate of drug-likeness (QED) is 0.797. The van der Waals surface area contributed by atoms with Gasteiger partial charge in [0.1, 0.15) is 0 Å². The van der Waals surface area contributed by atoms with Crippen molar-refractivity contribution in [3.05, 3.63) is 83.1 Å². The van der Waals surface area contributed by atoms with Gasteiger partial charge in [-0.1, -0.05) is 48.5 Å². The standard InChI is InChI=1S/C20H17NO3/c1-24-20(23)17-12-21-18(11-16(17)13-7-3-2-4-8-13)14-9-5-6-10-15(14)19(21)22/h2-10,12,16,18H,11H2,1H3/t16-,18+/m1/s1. The van der Waals surface area contributed by atoms with E-state index in [1.54, 1.807) is 11.1 Å². The Bertz CT molecular complexity index is 841. The van der Waals surface area contributed by atoms with Gasteiger partial charge < -0.3 is 9.64 Å². The first-order valence-corrected chi connectivity index (χ1v) is 7.97. The van der Waals surface area contributed by atoms with Crippen LogP contribution >= 0.6 is 0 Å². The monoisotopic (exact) mass is 319 g/mol. The van der Waals surface area contributed by atoms with E-state index in [9.17, 15) is 9.59 Å². The van der Waals surface area contributed by atoms with Crippen molar-refractivity contribution in [2.75, 3.05) is 7.11 Å². The van der Waals surface area contributed by atoms with E-state index in [0.29, 0.717) is 12.0 Å². The molecule has 4 rings (SSSR count). The number of carbonyl (C=O) groups is 2. The van der Waals surface area contributed by atoms with Gasteiger partial charge in [-0.2, -0.15) is 0 Å². The zero-order valence-corrected chi connectivity index (χ0v) is 13.3. The summed E-state index contributed by atoms with van der Waals surface area (Å²) < 4.78 is 4.96. The lowest BCUT2D eigenvalue weighted by atomic mass is 9.82. The number of nitrogens with zero attached hydrogens (tertiary/aromatic N) is 1. The molecular formula is C20H17NO3. The second-order valence-electron chi connectivity index (χ2n) is 6.09. The molecule has 0 aliphatic carbocycles. The lowest BCUT2D eigenvalue weighted by Gasteiger charge is -2.33. The summed E-state index contributed by atoms with van der Waals surface area (Å²) in [6.45, 7) is 0. The van der Waals surface area contributed by atoms with Crippen LogP contribution in [0.4, 0.5) is 0 Å². The molecule has 0 saturated carbocycles. The smallest absolute Gasteiger partial charge is 0.335 e.